The van der Waals surface area contributed by atoms with E-state index in [1.165, 1.54) is 50.8 Å². The van der Waals surface area contributed by atoms with Crippen LogP contribution in [0.15, 0.2) is 30.5 Å². The number of hydrogen-bond donors (Lipinski definition) is 2. The molecule has 3 saturated heterocycles. The normalized spacial score (nSPS) is 23.3. The summed E-state index contributed by atoms with van der Waals surface area (Å²) in [6, 6.07) is 9.54. The lowest BCUT2D eigenvalue weighted by molar-refractivity contribution is 0.0975. The maximum absolute atomic E-state index is 12.5. The SMILES string of the molecule is CN1CCN(C2CCCN(c3cnc(C(N)=O)c(Nc4ccc(C5CCN(C6CCC6)CC5)cc4)n3)C2)C1=O. The number of amides is 3. The van der Waals surface area contributed by atoms with Crippen molar-refractivity contribution in [2.75, 3.05) is 56.5 Å². The second kappa shape index (κ2) is 11.0. The van der Waals surface area contributed by atoms with E-state index in [0.717, 1.165) is 44.2 Å². The molecule has 6 rings (SSSR count). The van der Waals surface area contributed by atoms with Crippen LogP contribution in [-0.4, -0.2) is 95.0 Å². The molecule has 3 N–H and O–H groups in total. The molecule has 0 bridgehead atoms. The number of aromatic nitrogens is 2. The Morgan fingerprint density at radius 1 is 0.949 bits per heavy atom. The fraction of sp³-hybridized carbons (Fsp3) is 0.586. The van der Waals surface area contributed by atoms with Crippen molar-refractivity contribution in [1.29, 1.82) is 0 Å². The third-order valence-corrected chi connectivity index (χ3v) is 9.17. The predicted octanol–water partition coefficient (Wildman–Crippen LogP) is 3.39. The highest BCUT2D eigenvalue weighted by Crippen LogP contribution is 2.34. The van der Waals surface area contributed by atoms with Gasteiger partial charge in [-0.3, -0.25) is 4.79 Å². The van der Waals surface area contributed by atoms with Gasteiger partial charge in [0.1, 0.15) is 5.82 Å². The van der Waals surface area contributed by atoms with Crippen LogP contribution in [0.4, 0.5) is 22.1 Å². The van der Waals surface area contributed by atoms with E-state index in [1.54, 1.807) is 11.1 Å². The highest BCUT2D eigenvalue weighted by molar-refractivity contribution is 5.96. The summed E-state index contributed by atoms with van der Waals surface area (Å²) in [6.45, 7) is 5.42. The number of nitrogens with two attached hydrogens (primary N) is 1. The Kier molecular flexibility index (Phi) is 7.29. The van der Waals surface area contributed by atoms with Gasteiger partial charge < -0.3 is 30.7 Å². The number of benzene rings is 1. The van der Waals surface area contributed by atoms with Gasteiger partial charge >= 0.3 is 6.03 Å². The first kappa shape index (κ1) is 25.9. The molecule has 1 aromatic heterocycles. The first-order valence-electron chi connectivity index (χ1n) is 14.5. The predicted molar refractivity (Wildman–Crippen MR) is 151 cm³/mol. The number of piperidine rings is 2. The largest absolute Gasteiger partial charge is 0.364 e. The fourth-order valence-electron chi connectivity index (χ4n) is 6.55. The van der Waals surface area contributed by atoms with Crippen LogP contribution in [0.5, 0.6) is 0 Å². The summed E-state index contributed by atoms with van der Waals surface area (Å²) in [5.74, 6) is 1.02. The number of nitrogens with one attached hydrogen (secondary N) is 1. The van der Waals surface area contributed by atoms with E-state index in [1.807, 2.05) is 11.9 Å². The Balaban J connectivity index is 1.13. The monoisotopic (exact) mass is 532 g/mol. The van der Waals surface area contributed by atoms with Crippen molar-refractivity contribution in [3.8, 4) is 0 Å². The van der Waals surface area contributed by atoms with Crippen LogP contribution in [0.1, 0.15) is 66.9 Å². The molecule has 4 aliphatic rings. The van der Waals surface area contributed by atoms with E-state index in [4.69, 9.17) is 10.7 Å². The Labute approximate surface area is 230 Å². The Morgan fingerprint density at radius 2 is 1.69 bits per heavy atom. The van der Waals surface area contributed by atoms with E-state index in [-0.39, 0.29) is 17.8 Å². The molecule has 10 heteroatoms. The number of likely N-dealkylation sites (N-methyl/N-ethyl adjacent to an activating group) is 1. The number of nitrogens with zero attached hydrogens (tertiary/aromatic N) is 6. The van der Waals surface area contributed by atoms with E-state index in [0.29, 0.717) is 24.1 Å². The van der Waals surface area contributed by atoms with Crippen molar-refractivity contribution in [3.05, 3.63) is 41.7 Å². The average Bonchev–Trinajstić information content (AvgIpc) is 3.26. The van der Waals surface area contributed by atoms with Gasteiger partial charge in [-0.2, -0.15) is 0 Å². The third-order valence-electron chi connectivity index (χ3n) is 9.17. The summed E-state index contributed by atoms with van der Waals surface area (Å²) in [5.41, 5.74) is 7.99. The van der Waals surface area contributed by atoms with Crippen LogP contribution in [0.25, 0.3) is 0 Å². The number of carbonyl (C=O) groups excluding carboxylic acids is 2. The van der Waals surface area contributed by atoms with Gasteiger partial charge in [0.15, 0.2) is 11.5 Å². The Morgan fingerprint density at radius 3 is 2.33 bits per heavy atom. The lowest BCUT2D eigenvalue weighted by atomic mass is 9.85. The molecule has 0 radical (unpaired) electrons. The van der Waals surface area contributed by atoms with Gasteiger partial charge in [0.05, 0.1) is 12.2 Å². The maximum atomic E-state index is 12.5. The topological polar surface area (TPSA) is 111 Å². The summed E-state index contributed by atoms with van der Waals surface area (Å²) in [7, 11) is 1.85. The molecule has 1 atom stereocenters. The molecule has 4 heterocycles. The molecule has 3 amide bonds. The Bertz CT molecular complexity index is 1190. The van der Waals surface area contributed by atoms with Gasteiger partial charge in [-0.15, -0.1) is 0 Å². The number of urea groups is 1. The molecule has 10 nitrogen and oxygen atoms in total. The standard InChI is InChI=1S/C29H40N8O2/c1-34-16-17-37(29(34)39)24-6-3-13-36(19-24)25-18-31-26(27(30)38)28(33-25)32-22-9-7-20(8-10-22)21-11-14-35(15-12-21)23-4-2-5-23/h7-10,18,21,23-24H,2-6,11-17,19H2,1H3,(H2,30,38)(H,32,33). The molecular formula is C29H40N8O2. The van der Waals surface area contributed by atoms with E-state index < -0.39 is 5.91 Å². The van der Waals surface area contributed by atoms with Crippen LogP contribution in [0, 0.1) is 0 Å². The van der Waals surface area contributed by atoms with E-state index in [9.17, 15) is 9.59 Å². The molecule has 0 spiro atoms. The number of carbonyl (C=O) groups is 2. The maximum Gasteiger partial charge on any atom is 0.320 e. The summed E-state index contributed by atoms with van der Waals surface area (Å²) in [6.07, 6.45) is 10.1. The van der Waals surface area contributed by atoms with Crippen molar-refractivity contribution in [3.63, 3.8) is 0 Å². The van der Waals surface area contributed by atoms with Gasteiger partial charge in [-0.25, -0.2) is 14.8 Å². The molecule has 208 valence electrons. The van der Waals surface area contributed by atoms with Crippen LogP contribution in [-0.2, 0) is 0 Å². The van der Waals surface area contributed by atoms with Crippen LogP contribution < -0.4 is 16.0 Å². The van der Waals surface area contributed by atoms with E-state index in [2.05, 4.69) is 44.4 Å². The molecule has 2 aromatic rings. The number of rotatable bonds is 7. The minimum atomic E-state index is -0.617. The van der Waals surface area contributed by atoms with Crippen LogP contribution in [0.3, 0.4) is 0 Å². The molecule has 3 aliphatic heterocycles. The van der Waals surface area contributed by atoms with Crippen molar-refractivity contribution in [2.45, 2.75) is 62.9 Å². The fourth-order valence-corrected chi connectivity index (χ4v) is 6.55. The molecule has 1 aliphatic carbocycles. The second-order valence-corrected chi connectivity index (χ2v) is 11.6. The number of primary amides is 1. The molecule has 1 saturated carbocycles. The quantitative estimate of drug-likeness (QED) is 0.562. The summed E-state index contributed by atoms with van der Waals surface area (Å²) >= 11 is 0. The van der Waals surface area contributed by atoms with Crippen LogP contribution >= 0.6 is 0 Å². The second-order valence-electron chi connectivity index (χ2n) is 11.6. The zero-order valence-electron chi connectivity index (χ0n) is 22.9. The minimum Gasteiger partial charge on any atom is -0.364 e. The number of hydrogen-bond acceptors (Lipinski definition) is 7. The zero-order valence-corrected chi connectivity index (χ0v) is 22.9. The van der Waals surface area contributed by atoms with Gasteiger partial charge in [-0.1, -0.05) is 18.6 Å². The van der Waals surface area contributed by atoms with Gasteiger partial charge in [0.2, 0.25) is 0 Å². The molecule has 1 unspecified atom stereocenters. The number of anilines is 3. The molecule has 39 heavy (non-hydrogen) atoms. The molecule has 4 fully saturated rings. The lowest BCUT2D eigenvalue weighted by Gasteiger charge is -2.42. The van der Waals surface area contributed by atoms with Crippen LogP contribution in [0.2, 0.25) is 0 Å². The van der Waals surface area contributed by atoms with Gasteiger partial charge in [-0.05, 0) is 75.2 Å². The van der Waals surface area contributed by atoms with Crippen molar-refractivity contribution >= 4 is 29.3 Å². The zero-order chi connectivity index (χ0) is 26.9. The van der Waals surface area contributed by atoms with Crippen molar-refractivity contribution < 1.29 is 9.59 Å². The lowest BCUT2D eigenvalue weighted by Crippen LogP contribution is -2.49. The smallest absolute Gasteiger partial charge is 0.320 e. The highest BCUT2D eigenvalue weighted by atomic mass is 16.2. The van der Waals surface area contributed by atoms with Gasteiger partial charge in [0.25, 0.3) is 5.91 Å². The summed E-state index contributed by atoms with van der Waals surface area (Å²) in [5, 5.41) is 3.30. The third kappa shape index (κ3) is 5.39. The first-order valence-corrected chi connectivity index (χ1v) is 14.5. The first-order chi connectivity index (χ1) is 19.0. The molecular weight excluding hydrogens is 492 g/mol. The summed E-state index contributed by atoms with van der Waals surface area (Å²) < 4.78 is 0. The Hall–Kier alpha value is -3.40. The molecule has 1 aromatic carbocycles. The van der Waals surface area contributed by atoms with Crippen molar-refractivity contribution in [2.24, 2.45) is 5.73 Å². The summed E-state index contributed by atoms with van der Waals surface area (Å²) in [4.78, 5) is 42.5. The minimum absolute atomic E-state index is 0.0896. The van der Waals surface area contributed by atoms with E-state index >= 15 is 0 Å². The highest BCUT2D eigenvalue weighted by Gasteiger charge is 2.35. The van der Waals surface area contributed by atoms with Gasteiger partial charge in [0, 0.05) is 45.0 Å². The number of likely N-dealkylation sites (tertiary alicyclic amines) is 1. The van der Waals surface area contributed by atoms with Crippen molar-refractivity contribution in [1.82, 2.24) is 24.7 Å². The average molecular weight is 533 g/mol.